The second kappa shape index (κ2) is 6.93. The number of carboxylic acid groups (broad SMARTS) is 1. The van der Waals surface area contributed by atoms with E-state index in [0.717, 1.165) is 24.8 Å². The van der Waals surface area contributed by atoms with Gasteiger partial charge in [-0.2, -0.15) is 0 Å². The topological polar surface area (TPSA) is 55.1 Å². The Balaban J connectivity index is 2.41. The molecule has 1 N–H and O–H groups in total. The number of thioether (sulfide) groups is 1. The highest BCUT2D eigenvalue weighted by atomic mass is 32.2. The number of aliphatic carboxylic acids is 1. The molecule has 1 aromatic carbocycles. The van der Waals surface area contributed by atoms with Crippen molar-refractivity contribution in [3.63, 3.8) is 0 Å². The van der Waals surface area contributed by atoms with Gasteiger partial charge in [-0.1, -0.05) is 31.5 Å². The number of halogens is 1. The fraction of sp³-hybridized carbons (Fsp3) is 0.467. The van der Waals surface area contributed by atoms with E-state index in [1.165, 1.54) is 23.9 Å². The van der Waals surface area contributed by atoms with Crippen LogP contribution in [0.15, 0.2) is 23.4 Å². The van der Waals surface area contributed by atoms with Gasteiger partial charge in [-0.25, -0.2) is 9.37 Å². The van der Waals surface area contributed by atoms with Gasteiger partial charge in [-0.05, 0) is 25.5 Å². The van der Waals surface area contributed by atoms with E-state index in [2.05, 4.69) is 18.8 Å². The van der Waals surface area contributed by atoms with Crippen molar-refractivity contribution in [3.8, 4) is 0 Å². The Kier molecular flexibility index (Phi) is 5.22. The SMILES string of the molecule is CCCCC(C)n1c(SCC(=O)O)nc2cc(F)ccc21. The van der Waals surface area contributed by atoms with E-state index >= 15 is 0 Å². The van der Waals surface area contributed by atoms with Crippen molar-refractivity contribution < 1.29 is 14.3 Å². The lowest BCUT2D eigenvalue weighted by atomic mass is 10.1. The smallest absolute Gasteiger partial charge is 0.313 e. The van der Waals surface area contributed by atoms with E-state index in [0.29, 0.717) is 10.7 Å². The summed E-state index contributed by atoms with van der Waals surface area (Å²) in [5.74, 6) is -1.26. The first-order chi connectivity index (χ1) is 10.0. The van der Waals surface area contributed by atoms with Crippen LogP contribution in [0.1, 0.15) is 39.2 Å². The minimum atomic E-state index is -0.883. The van der Waals surface area contributed by atoms with Crippen molar-refractivity contribution in [2.45, 2.75) is 44.3 Å². The summed E-state index contributed by atoms with van der Waals surface area (Å²) in [5.41, 5.74) is 1.43. The average molecular weight is 310 g/mol. The van der Waals surface area contributed by atoms with Gasteiger partial charge in [-0.3, -0.25) is 4.79 Å². The molecule has 1 aromatic heterocycles. The number of carboxylic acids is 1. The number of carbonyl (C=O) groups is 1. The van der Waals surface area contributed by atoms with Gasteiger partial charge in [0.05, 0.1) is 16.8 Å². The van der Waals surface area contributed by atoms with Crippen LogP contribution in [0.3, 0.4) is 0 Å². The predicted molar refractivity (Wildman–Crippen MR) is 82.3 cm³/mol. The number of benzene rings is 1. The summed E-state index contributed by atoms with van der Waals surface area (Å²) in [7, 11) is 0. The van der Waals surface area contributed by atoms with Crippen molar-refractivity contribution in [2.75, 3.05) is 5.75 Å². The molecule has 2 aromatic rings. The highest BCUT2D eigenvalue weighted by Gasteiger charge is 2.17. The lowest BCUT2D eigenvalue weighted by molar-refractivity contribution is -0.133. The standard InChI is InChI=1S/C15H19FN2O2S/c1-3-4-5-10(2)18-13-7-6-11(16)8-12(13)17-15(18)21-9-14(19)20/h6-8,10H,3-5,9H2,1-2H3,(H,19,20). The summed E-state index contributed by atoms with van der Waals surface area (Å²) in [6.45, 7) is 4.22. The zero-order chi connectivity index (χ0) is 15.4. The Morgan fingerprint density at radius 2 is 2.29 bits per heavy atom. The molecule has 21 heavy (non-hydrogen) atoms. The third-order valence-corrected chi connectivity index (χ3v) is 4.30. The first kappa shape index (κ1) is 15.8. The number of nitrogens with zero attached hydrogens (tertiary/aromatic N) is 2. The fourth-order valence-electron chi connectivity index (χ4n) is 2.33. The van der Waals surface area contributed by atoms with Crippen molar-refractivity contribution in [2.24, 2.45) is 0 Å². The second-order valence-electron chi connectivity index (χ2n) is 5.07. The minimum absolute atomic E-state index is 0.0493. The number of unbranched alkanes of at least 4 members (excludes halogenated alkanes) is 1. The first-order valence-electron chi connectivity index (χ1n) is 7.05. The molecule has 0 aliphatic carbocycles. The van der Waals surface area contributed by atoms with Crippen LogP contribution in [0.4, 0.5) is 4.39 Å². The third kappa shape index (κ3) is 3.75. The maximum atomic E-state index is 13.3. The van der Waals surface area contributed by atoms with Crippen molar-refractivity contribution in [3.05, 3.63) is 24.0 Å². The van der Waals surface area contributed by atoms with Crippen molar-refractivity contribution >= 4 is 28.8 Å². The van der Waals surface area contributed by atoms with Gasteiger partial charge in [-0.15, -0.1) is 0 Å². The van der Waals surface area contributed by atoms with Gasteiger partial charge >= 0.3 is 5.97 Å². The summed E-state index contributed by atoms with van der Waals surface area (Å²) in [6.07, 6.45) is 3.17. The number of rotatable bonds is 7. The number of imidazole rings is 1. The van der Waals surface area contributed by atoms with Gasteiger partial charge in [0, 0.05) is 12.1 Å². The lowest BCUT2D eigenvalue weighted by Gasteiger charge is -2.16. The molecule has 1 heterocycles. The van der Waals surface area contributed by atoms with Crippen LogP contribution >= 0.6 is 11.8 Å². The molecule has 2 rings (SSSR count). The molecule has 0 saturated heterocycles. The Morgan fingerprint density at radius 1 is 1.52 bits per heavy atom. The maximum Gasteiger partial charge on any atom is 0.313 e. The van der Waals surface area contributed by atoms with Crippen LogP contribution in [-0.2, 0) is 4.79 Å². The van der Waals surface area contributed by atoms with Crippen LogP contribution in [0.5, 0.6) is 0 Å². The molecule has 0 aliphatic heterocycles. The first-order valence-corrected chi connectivity index (χ1v) is 8.03. The van der Waals surface area contributed by atoms with E-state index in [-0.39, 0.29) is 17.6 Å². The summed E-state index contributed by atoms with van der Waals surface area (Å²) in [6, 6.07) is 4.73. The summed E-state index contributed by atoms with van der Waals surface area (Å²) >= 11 is 1.18. The molecule has 0 bridgehead atoms. The molecule has 1 atom stereocenters. The second-order valence-corrected chi connectivity index (χ2v) is 6.01. The molecular formula is C15H19FN2O2S. The summed E-state index contributed by atoms with van der Waals surface area (Å²) in [4.78, 5) is 15.2. The average Bonchev–Trinajstić information content (AvgIpc) is 2.79. The molecule has 4 nitrogen and oxygen atoms in total. The Labute approximate surface area is 127 Å². The molecule has 0 amide bonds. The van der Waals surface area contributed by atoms with E-state index in [1.807, 2.05) is 4.57 Å². The van der Waals surface area contributed by atoms with E-state index < -0.39 is 5.97 Å². The highest BCUT2D eigenvalue weighted by Crippen LogP contribution is 2.30. The van der Waals surface area contributed by atoms with E-state index in [9.17, 15) is 9.18 Å². The molecular weight excluding hydrogens is 291 g/mol. The van der Waals surface area contributed by atoms with E-state index in [4.69, 9.17) is 5.11 Å². The van der Waals surface area contributed by atoms with Crippen molar-refractivity contribution in [1.29, 1.82) is 0 Å². The van der Waals surface area contributed by atoms with Gasteiger partial charge in [0.1, 0.15) is 5.82 Å². The quantitative estimate of drug-likeness (QED) is 0.782. The summed E-state index contributed by atoms with van der Waals surface area (Å²) < 4.78 is 15.4. The van der Waals surface area contributed by atoms with Crippen LogP contribution in [0.2, 0.25) is 0 Å². The summed E-state index contributed by atoms with van der Waals surface area (Å²) in [5, 5.41) is 9.49. The molecule has 0 saturated carbocycles. The number of hydrogen-bond donors (Lipinski definition) is 1. The highest BCUT2D eigenvalue weighted by molar-refractivity contribution is 7.99. The van der Waals surface area contributed by atoms with Gasteiger partial charge in [0.2, 0.25) is 0 Å². The van der Waals surface area contributed by atoms with Crippen LogP contribution in [0.25, 0.3) is 11.0 Å². The molecule has 0 fully saturated rings. The monoisotopic (exact) mass is 310 g/mol. The van der Waals surface area contributed by atoms with Crippen LogP contribution in [-0.4, -0.2) is 26.4 Å². The predicted octanol–water partition coefficient (Wildman–Crippen LogP) is 4.10. The molecule has 0 radical (unpaired) electrons. The van der Waals surface area contributed by atoms with E-state index in [1.54, 1.807) is 6.07 Å². The van der Waals surface area contributed by atoms with Gasteiger partial charge in [0.15, 0.2) is 5.16 Å². The van der Waals surface area contributed by atoms with Gasteiger partial charge in [0.25, 0.3) is 0 Å². The van der Waals surface area contributed by atoms with Crippen molar-refractivity contribution in [1.82, 2.24) is 9.55 Å². The Hall–Kier alpha value is -1.56. The number of fused-ring (bicyclic) bond motifs is 1. The van der Waals surface area contributed by atoms with Crippen LogP contribution < -0.4 is 0 Å². The maximum absolute atomic E-state index is 13.3. The fourth-order valence-corrected chi connectivity index (χ4v) is 3.17. The normalized spacial score (nSPS) is 12.7. The number of aromatic nitrogens is 2. The largest absolute Gasteiger partial charge is 0.481 e. The molecule has 114 valence electrons. The minimum Gasteiger partial charge on any atom is -0.481 e. The third-order valence-electron chi connectivity index (χ3n) is 3.36. The van der Waals surface area contributed by atoms with Crippen LogP contribution in [0, 0.1) is 5.82 Å². The zero-order valence-corrected chi connectivity index (χ0v) is 13.0. The molecule has 6 heteroatoms. The zero-order valence-electron chi connectivity index (χ0n) is 12.2. The molecule has 1 unspecified atom stereocenters. The lowest BCUT2D eigenvalue weighted by Crippen LogP contribution is -2.08. The van der Waals surface area contributed by atoms with Gasteiger partial charge < -0.3 is 9.67 Å². The Morgan fingerprint density at radius 3 is 2.95 bits per heavy atom. The number of hydrogen-bond acceptors (Lipinski definition) is 3. The Bertz CT molecular complexity index is 642. The molecule has 0 spiro atoms. The molecule has 0 aliphatic rings.